The van der Waals surface area contributed by atoms with Crippen molar-refractivity contribution >= 4 is 29.9 Å². The molecule has 0 aromatic rings. The highest BCUT2D eigenvalue weighted by atomic mass is 32.2. The number of hydrogen-bond donors (Lipinski definition) is 3. The molecule has 7 heteroatoms. The summed E-state index contributed by atoms with van der Waals surface area (Å²) in [5, 5.41) is 21.1. The second-order valence-corrected chi connectivity index (χ2v) is 6.20. The van der Waals surface area contributed by atoms with Crippen LogP contribution in [0.1, 0.15) is 46.0 Å². The Morgan fingerprint density at radius 1 is 1.33 bits per heavy atom. The molecule has 0 radical (unpaired) electrons. The summed E-state index contributed by atoms with van der Waals surface area (Å²) < 4.78 is 0. The van der Waals surface area contributed by atoms with Crippen LogP contribution in [0.25, 0.3) is 0 Å². The first-order valence-corrected chi connectivity index (χ1v) is 8.20. The number of carboxylic acid groups (broad SMARTS) is 1. The van der Waals surface area contributed by atoms with Crippen molar-refractivity contribution in [1.82, 2.24) is 5.32 Å². The Morgan fingerprint density at radius 3 is 2.48 bits per heavy atom. The minimum Gasteiger partial charge on any atom is -0.480 e. The molecule has 0 heterocycles. The monoisotopic (exact) mass is 319 g/mol. The number of aliphatic carboxylic acids is 1. The highest BCUT2D eigenvalue weighted by Gasteiger charge is 2.24. The van der Waals surface area contributed by atoms with Crippen molar-refractivity contribution in [1.29, 1.82) is 0 Å². The van der Waals surface area contributed by atoms with Gasteiger partial charge in [0.25, 0.3) is 0 Å². The van der Waals surface area contributed by atoms with E-state index in [0.717, 1.165) is 25.5 Å². The molecule has 122 valence electrons. The Kier molecular flexibility index (Phi) is 11.0. The number of hydrogen-bond acceptors (Lipinski definition) is 5. The van der Waals surface area contributed by atoms with Crippen LogP contribution in [0.3, 0.4) is 0 Å². The fraction of sp³-hybridized carbons (Fsp3) is 0.786. The first-order chi connectivity index (χ1) is 9.92. The van der Waals surface area contributed by atoms with Crippen molar-refractivity contribution in [2.24, 2.45) is 0 Å². The van der Waals surface area contributed by atoms with Gasteiger partial charge in [-0.15, -0.1) is 0 Å². The Morgan fingerprint density at radius 2 is 2.00 bits per heavy atom. The predicted octanol–water partition coefficient (Wildman–Crippen LogP) is 1.21. The second-order valence-electron chi connectivity index (χ2n) is 4.93. The fourth-order valence-corrected chi connectivity index (χ4v) is 3.10. The molecule has 0 aliphatic rings. The number of carbonyl (C=O) groups excluding carboxylic acids is 2. The van der Waals surface area contributed by atoms with E-state index in [-0.39, 0.29) is 17.4 Å². The lowest BCUT2D eigenvalue weighted by atomic mass is 10.1. The summed E-state index contributed by atoms with van der Waals surface area (Å²) in [7, 11) is 0. The number of amides is 1. The van der Waals surface area contributed by atoms with Crippen LogP contribution in [-0.2, 0) is 14.4 Å². The van der Waals surface area contributed by atoms with Crippen LogP contribution in [0, 0.1) is 0 Å². The summed E-state index contributed by atoms with van der Waals surface area (Å²) in [5.41, 5.74) is 0. The van der Waals surface area contributed by atoms with Crippen LogP contribution in [0.2, 0.25) is 0 Å². The van der Waals surface area contributed by atoms with Crippen molar-refractivity contribution in [2.75, 3.05) is 5.75 Å². The number of aliphatic hydroxyl groups is 1. The topological polar surface area (TPSA) is 104 Å². The molecule has 6 nitrogen and oxygen atoms in total. The van der Waals surface area contributed by atoms with Gasteiger partial charge in [0.1, 0.15) is 12.3 Å². The zero-order chi connectivity index (χ0) is 16.3. The summed E-state index contributed by atoms with van der Waals surface area (Å²) in [4.78, 5) is 32.7. The van der Waals surface area contributed by atoms with Crippen LogP contribution < -0.4 is 5.32 Å². The maximum Gasteiger partial charge on any atom is 0.327 e. The van der Waals surface area contributed by atoms with Crippen molar-refractivity contribution < 1.29 is 24.6 Å². The van der Waals surface area contributed by atoms with Crippen molar-refractivity contribution in [3.8, 4) is 0 Å². The molecule has 1 amide bonds. The molecule has 3 atom stereocenters. The Labute approximate surface area is 129 Å². The van der Waals surface area contributed by atoms with E-state index in [1.807, 2.05) is 0 Å². The maximum absolute atomic E-state index is 11.0. The fourth-order valence-electron chi connectivity index (χ4n) is 1.86. The van der Waals surface area contributed by atoms with Gasteiger partial charge in [-0.3, -0.25) is 4.79 Å². The molecule has 3 N–H and O–H groups in total. The number of aldehydes is 1. The molecule has 0 bridgehead atoms. The summed E-state index contributed by atoms with van der Waals surface area (Å²) in [6, 6.07) is -1.01. The Hall–Kier alpha value is -1.08. The van der Waals surface area contributed by atoms with Gasteiger partial charge in [-0.2, -0.15) is 11.8 Å². The number of aliphatic hydroxyl groups excluding tert-OH is 1. The van der Waals surface area contributed by atoms with E-state index in [0.29, 0.717) is 6.42 Å². The number of nitrogens with one attached hydrogen (secondary N) is 1. The number of thioether (sulfide) groups is 1. The van der Waals surface area contributed by atoms with Crippen LogP contribution in [0.4, 0.5) is 0 Å². The van der Waals surface area contributed by atoms with Crippen molar-refractivity contribution in [3.05, 3.63) is 0 Å². The zero-order valence-electron chi connectivity index (χ0n) is 12.6. The second kappa shape index (κ2) is 11.6. The molecular weight excluding hydrogens is 294 g/mol. The van der Waals surface area contributed by atoms with E-state index in [9.17, 15) is 19.5 Å². The van der Waals surface area contributed by atoms with E-state index in [1.165, 1.54) is 18.7 Å². The third-order valence-corrected chi connectivity index (χ3v) is 4.47. The lowest BCUT2D eigenvalue weighted by molar-refractivity contribution is -0.140. The van der Waals surface area contributed by atoms with Gasteiger partial charge in [-0.25, -0.2) is 4.79 Å². The van der Waals surface area contributed by atoms with Gasteiger partial charge in [-0.05, 0) is 6.42 Å². The number of unbranched alkanes of at least 4 members (excludes halogenated alkanes) is 2. The Balaban J connectivity index is 4.42. The SMILES string of the molecule is CCCCC[C@H](O)[C@@H](CC=O)SC[C@@H](NC(C)=O)C(=O)O. The average molecular weight is 319 g/mol. The van der Waals surface area contributed by atoms with Gasteiger partial charge in [0.15, 0.2) is 0 Å². The molecular formula is C14H25NO5S. The highest BCUT2D eigenvalue weighted by molar-refractivity contribution is 8.00. The standard InChI is InChI=1S/C14H25NO5S/c1-3-4-5-6-12(18)13(7-8-16)21-9-11(14(19)20)15-10(2)17/h8,11-13,18H,3-7,9H2,1-2H3,(H,15,17)(H,19,20)/t11-,12+,13-/m1/s1. The number of carboxylic acids is 1. The number of rotatable bonds is 12. The number of carbonyl (C=O) groups is 3. The molecule has 0 rings (SSSR count). The van der Waals surface area contributed by atoms with Gasteiger partial charge in [0, 0.05) is 24.3 Å². The van der Waals surface area contributed by atoms with E-state index in [1.54, 1.807) is 0 Å². The van der Waals surface area contributed by atoms with E-state index in [2.05, 4.69) is 12.2 Å². The predicted molar refractivity (Wildman–Crippen MR) is 82.3 cm³/mol. The Bertz CT molecular complexity index is 337. The van der Waals surface area contributed by atoms with Crippen LogP contribution in [0.5, 0.6) is 0 Å². The first-order valence-electron chi connectivity index (χ1n) is 7.15. The molecule has 0 saturated carbocycles. The molecule has 0 spiro atoms. The quantitative estimate of drug-likeness (QED) is 0.369. The summed E-state index contributed by atoms with van der Waals surface area (Å²) >= 11 is 1.21. The smallest absolute Gasteiger partial charge is 0.327 e. The van der Waals surface area contributed by atoms with Gasteiger partial charge in [0.2, 0.25) is 5.91 Å². The molecule has 0 aromatic carbocycles. The summed E-state index contributed by atoms with van der Waals surface area (Å²) in [6.45, 7) is 3.32. The highest BCUT2D eigenvalue weighted by Crippen LogP contribution is 2.22. The lowest BCUT2D eigenvalue weighted by Crippen LogP contribution is -2.42. The van der Waals surface area contributed by atoms with E-state index >= 15 is 0 Å². The molecule has 0 fully saturated rings. The lowest BCUT2D eigenvalue weighted by Gasteiger charge is -2.22. The van der Waals surface area contributed by atoms with Gasteiger partial charge in [0.05, 0.1) is 6.10 Å². The third-order valence-electron chi connectivity index (χ3n) is 3.01. The normalized spacial score (nSPS) is 15.0. The van der Waals surface area contributed by atoms with Crippen molar-refractivity contribution in [3.63, 3.8) is 0 Å². The van der Waals surface area contributed by atoms with Gasteiger partial charge < -0.3 is 20.3 Å². The average Bonchev–Trinajstić information content (AvgIpc) is 2.41. The van der Waals surface area contributed by atoms with Crippen molar-refractivity contribution in [2.45, 2.75) is 63.3 Å². The van der Waals surface area contributed by atoms with Crippen LogP contribution >= 0.6 is 11.8 Å². The largest absolute Gasteiger partial charge is 0.480 e. The van der Waals surface area contributed by atoms with Gasteiger partial charge in [-0.1, -0.05) is 26.2 Å². The minimum atomic E-state index is -1.12. The third kappa shape index (κ3) is 9.47. The maximum atomic E-state index is 11.0. The molecule has 0 aliphatic heterocycles. The summed E-state index contributed by atoms with van der Waals surface area (Å²) in [6.07, 6.45) is 3.79. The summed E-state index contributed by atoms with van der Waals surface area (Å²) in [5.74, 6) is -1.42. The molecule has 0 unspecified atom stereocenters. The molecule has 0 aliphatic carbocycles. The molecule has 21 heavy (non-hydrogen) atoms. The molecule has 0 aromatic heterocycles. The first kappa shape index (κ1) is 19.9. The van der Waals surface area contributed by atoms with Gasteiger partial charge >= 0.3 is 5.97 Å². The van der Waals surface area contributed by atoms with Crippen LogP contribution in [-0.4, -0.2) is 51.5 Å². The molecule has 0 saturated heterocycles. The zero-order valence-corrected chi connectivity index (χ0v) is 13.4. The van der Waals surface area contributed by atoms with E-state index in [4.69, 9.17) is 5.11 Å². The van der Waals surface area contributed by atoms with E-state index < -0.39 is 24.0 Å². The van der Waals surface area contributed by atoms with Crippen LogP contribution in [0.15, 0.2) is 0 Å². The minimum absolute atomic E-state index is 0.123.